The van der Waals surface area contributed by atoms with Crippen LogP contribution >= 0.6 is 0 Å². The van der Waals surface area contributed by atoms with E-state index >= 15 is 0 Å². The Morgan fingerprint density at radius 3 is 1.88 bits per heavy atom. The van der Waals surface area contributed by atoms with Gasteiger partial charge in [-0.05, 0) is 11.6 Å². The summed E-state index contributed by atoms with van der Waals surface area (Å²) in [6.07, 6.45) is 2.85. The predicted molar refractivity (Wildman–Crippen MR) is 67.3 cm³/mol. The lowest BCUT2D eigenvalue weighted by atomic mass is 10.1. The van der Waals surface area contributed by atoms with Crippen LogP contribution in [0, 0.1) is 5.82 Å². The molecule has 0 aliphatic rings. The monoisotopic (exact) mass is 225 g/mol. The third kappa shape index (κ3) is 3.38. The van der Waals surface area contributed by atoms with Crippen molar-refractivity contribution in [1.82, 2.24) is 4.98 Å². The average Bonchev–Trinajstić information content (AvgIpc) is 2.36. The largest absolute Gasteiger partial charge is 0.261 e. The second-order valence-corrected chi connectivity index (χ2v) is 3.53. The van der Waals surface area contributed by atoms with Gasteiger partial charge in [0.1, 0.15) is 5.82 Å². The van der Waals surface area contributed by atoms with Gasteiger partial charge in [0, 0.05) is 11.8 Å². The van der Waals surface area contributed by atoms with Crippen LogP contribution in [-0.2, 0) is 0 Å². The maximum atomic E-state index is 13.1. The normalized spacial score (nSPS) is 9.47. The van der Waals surface area contributed by atoms with E-state index in [4.69, 9.17) is 0 Å². The van der Waals surface area contributed by atoms with Crippen LogP contribution in [0.1, 0.15) is 0 Å². The van der Waals surface area contributed by atoms with Crippen molar-refractivity contribution >= 4 is 0 Å². The van der Waals surface area contributed by atoms with Gasteiger partial charge in [0.15, 0.2) is 0 Å². The lowest BCUT2D eigenvalue weighted by molar-refractivity contribution is 0.622. The number of halogens is 1. The van der Waals surface area contributed by atoms with Crippen molar-refractivity contribution in [1.29, 1.82) is 0 Å². The van der Waals surface area contributed by atoms with Crippen molar-refractivity contribution < 1.29 is 4.39 Å². The first-order valence-corrected chi connectivity index (χ1v) is 5.35. The van der Waals surface area contributed by atoms with Gasteiger partial charge in [-0.2, -0.15) is 0 Å². The smallest absolute Gasteiger partial charge is 0.142 e. The van der Waals surface area contributed by atoms with Gasteiger partial charge in [-0.15, -0.1) is 0 Å². The minimum atomic E-state index is -0.326. The minimum Gasteiger partial charge on any atom is -0.261 e. The molecule has 0 bridgehead atoms. The fourth-order valence-corrected chi connectivity index (χ4v) is 1.46. The Bertz CT molecular complexity index is 526. The van der Waals surface area contributed by atoms with Gasteiger partial charge in [0.2, 0.25) is 0 Å². The van der Waals surface area contributed by atoms with Crippen molar-refractivity contribution in [3.63, 3.8) is 0 Å². The van der Waals surface area contributed by atoms with Gasteiger partial charge in [-0.25, -0.2) is 4.39 Å². The molecule has 0 aliphatic carbocycles. The van der Waals surface area contributed by atoms with Crippen molar-refractivity contribution in [2.75, 3.05) is 0 Å². The third-order valence-electron chi connectivity index (χ3n) is 2.26. The lowest BCUT2D eigenvalue weighted by Crippen LogP contribution is -1.81. The zero-order valence-corrected chi connectivity index (χ0v) is 9.25. The van der Waals surface area contributed by atoms with E-state index in [0.29, 0.717) is 0 Å². The Balaban J connectivity index is 2.52. The minimum absolute atomic E-state index is 0.326. The maximum Gasteiger partial charge on any atom is 0.142 e. The Kier molecular flexibility index (Phi) is 3.81. The molecule has 0 saturated carbocycles. The van der Waals surface area contributed by atoms with E-state index in [1.807, 2.05) is 54.6 Å². The van der Waals surface area contributed by atoms with Crippen LogP contribution < -0.4 is 0 Å². The number of hydrogen-bond acceptors (Lipinski definition) is 1. The molecule has 0 saturated heterocycles. The molecule has 0 radical (unpaired) electrons. The fourth-order valence-electron chi connectivity index (χ4n) is 1.46. The molecular weight excluding hydrogens is 213 g/mol. The van der Waals surface area contributed by atoms with Gasteiger partial charge in [-0.3, -0.25) is 4.98 Å². The van der Waals surface area contributed by atoms with Crippen LogP contribution in [-0.4, -0.2) is 4.98 Å². The van der Waals surface area contributed by atoms with Crippen LogP contribution in [0.25, 0.3) is 11.1 Å². The molecule has 1 nitrogen and oxygen atoms in total. The lowest BCUT2D eigenvalue weighted by Gasteiger charge is -1.98. The number of nitrogens with zero attached hydrogens (tertiary/aromatic N) is 1. The van der Waals surface area contributed by atoms with E-state index in [0.717, 1.165) is 11.1 Å². The maximum absolute atomic E-state index is 13.1. The molecule has 0 N–H and O–H groups in total. The SMILES string of the molecule is Fc1cncc(-c2ccccccccc2)c1. The van der Waals surface area contributed by atoms with E-state index < -0.39 is 0 Å². The molecule has 84 valence electrons. The van der Waals surface area contributed by atoms with Crippen molar-refractivity contribution in [3.05, 3.63) is 78.9 Å². The molecule has 0 amide bonds. The van der Waals surface area contributed by atoms with Crippen molar-refractivity contribution in [2.24, 2.45) is 0 Å². The van der Waals surface area contributed by atoms with Crippen LogP contribution in [0.15, 0.2) is 73.1 Å². The first-order valence-electron chi connectivity index (χ1n) is 5.35. The molecule has 1 aromatic carbocycles. The highest BCUT2D eigenvalue weighted by molar-refractivity contribution is 5.61. The Hall–Kier alpha value is -2.22. The van der Waals surface area contributed by atoms with E-state index in [-0.39, 0.29) is 5.82 Å². The molecule has 0 atom stereocenters. The first kappa shape index (κ1) is 11.3. The highest BCUT2D eigenvalue weighted by Crippen LogP contribution is 2.16. The standard InChI is InChI=1S/C15H12FN/c16-15-10-14(11-17-12-15)13-8-6-4-2-1-3-5-7-9-13/h1-12H. The van der Waals surface area contributed by atoms with Gasteiger partial charge in [0.05, 0.1) is 6.20 Å². The quantitative estimate of drug-likeness (QED) is 0.714. The van der Waals surface area contributed by atoms with Gasteiger partial charge in [-0.1, -0.05) is 54.6 Å². The van der Waals surface area contributed by atoms with Crippen LogP contribution in [0.4, 0.5) is 4.39 Å². The molecule has 0 aliphatic heterocycles. The molecule has 0 unspecified atom stereocenters. The summed E-state index contributed by atoms with van der Waals surface area (Å²) in [5, 5.41) is 0. The summed E-state index contributed by atoms with van der Waals surface area (Å²) in [7, 11) is 0. The molecule has 1 aromatic heterocycles. The molecule has 2 rings (SSSR count). The summed E-state index contributed by atoms with van der Waals surface area (Å²) in [5.41, 5.74) is 1.69. The number of hydrogen-bond donors (Lipinski definition) is 0. The Morgan fingerprint density at radius 2 is 1.29 bits per heavy atom. The van der Waals surface area contributed by atoms with Crippen molar-refractivity contribution in [2.45, 2.75) is 0 Å². The average molecular weight is 225 g/mol. The van der Waals surface area contributed by atoms with Gasteiger partial charge in [0.25, 0.3) is 0 Å². The topological polar surface area (TPSA) is 12.9 Å². The third-order valence-corrected chi connectivity index (χ3v) is 2.26. The highest BCUT2D eigenvalue weighted by Gasteiger charge is 1.96. The fraction of sp³-hybridized carbons (Fsp3) is 0. The predicted octanol–water partition coefficient (Wildman–Crippen LogP) is 4.01. The number of aromatic nitrogens is 1. The molecule has 0 spiro atoms. The molecule has 2 aromatic rings. The summed E-state index contributed by atoms with van der Waals surface area (Å²) in [4.78, 5) is 3.85. The summed E-state index contributed by atoms with van der Waals surface area (Å²) in [5.74, 6) is -0.326. The second-order valence-electron chi connectivity index (χ2n) is 3.53. The van der Waals surface area contributed by atoms with Crippen LogP contribution in [0.5, 0.6) is 0 Å². The summed E-state index contributed by atoms with van der Waals surface area (Å²) < 4.78 is 13.1. The summed E-state index contributed by atoms with van der Waals surface area (Å²) in [6, 6.07) is 18.8. The summed E-state index contributed by atoms with van der Waals surface area (Å²) in [6.45, 7) is 0. The van der Waals surface area contributed by atoms with Gasteiger partial charge < -0.3 is 0 Å². The molecule has 0 fully saturated rings. The first-order chi connectivity index (χ1) is 8.36. The van der Waals surface area contributed by atoms with E-state index in [9.17, 15) is 4.39 Å². The Labute approximate surface area is 99.9 Å². The molecule has 1 heterocycles. The highest BCUT2D eigenvalue weighted by atomic mass is 19.1. The van der Waals surface area contributed by atoms with Crippen molar-refractivity contribution in [3.8, 4) is 11.1 Å². The zero-order chi connectivity index (χ0) is 11.9. The van der Waals surface area contributed by atoms with Crippen LogP contribution in [0.2, 0.25) is 0 Å². The van der Waals surface area contributed by atoms with E-state index in [1.54, 1.807) is 6.20 Å². The molecule has 2 heteroatoms. The zero-order valence-electron chi connectivity index (χ0n) is 9.25. The Morgan fingerprint density at radius 1 is 0.706 bits per heavy atom. The van der Waals surface area contributed by atoms with E-state index in [2.05, 4.69) is 4.98 Å². The van der Waals surface area contributed by atoms with Gasteiger partial charge >= 0.3 is 0 Å². The second kappa shape index (κ2) is 5.75. The molecule has 17 heavy (non-hydrogen) atoms. The van der Waals surface area contributed by atoms with E-state index in [1.165, 1.54) is 12.3 Å². The summed E-state index contributed by atoms with van der Waals surface area (Å²) >= 11 is 0. The van der Waals surface area contributed by atoms with Crippen LogP contribution in [0.3, 0.4) is 0 Å². The number of rotatable bonds is 1. The molecular formula is C15H12FN. The number of pyridine rings is 1.